The van der Waals surface area contributed by atoms with E-state index in [1.54, 1.807) is 13.1 Å². The number of rotatable bonds is 6. The first-order valence-corrected chi connectivity index (χ1v) is 13.9. The number of anilines is 1. The van der Waals surface area contributed by atoms with Crippen LogP contribution in [0.5, 0.6) is 5.75 Å². The Labute approximate surface area is 222 Å². The number of aliphatic hydroxyl groups is 1. The molecule has 0 radical (unpaired) electrons. The van der Waals surface area contributed by atoms with Gasteiger partial charge in [0.05, 0.1) is 24.8 Å². The Balaban J connectivity index is 1.33. The standard InChI is InChI=1S/C21H23BrFN6O8P/c1-9-15-12(11(5-25-9)6-34-10(2)30)3-4-38(33,37-15)35-7-13-16(31)21(22,23)19(36-13)29-8-26-14-17(29)27-20(24)28-18(14)32/h5,8,13,16,19,31H,3-4,6-7H2,1-2H3,(H3,24,27,28,32)/t13-,16?,19-,21-,38?/m1/s1. The number of carbonyl (C=O) groups is 1. The van der Waals surface area contributed by atoms with Gasteiger partial charge in [0.25, 0.3) is 5.56 Å². The number of alkyl halides is 2. The fourth-order valence-electron chi connectivity index (χ4n) is 4.31. The quantitative estimate of drug-likeness (QED) is 0.206. The van der Waals surface area contributed by atoms with E-state index in [-0.39, 0.29) is 42.1 Å². The summed E-state index contributed by atoms with van der Waals surface area (Å²) in [6.45, 7) is 2.46. The Morgan fingerprint density at radius 2 is 2.24 bits per heavy atom. The van der Waals surface area contributed by atoms with Crippen molar-refractivity contribution >= 4 is 46.6 Å². The van der Waals surface area contributed by atoms with Gasteiger partial charge in [-0.25, -0.2) is 13.9 Å². The summed E-state index contributed by atoms with van der Waals surface area (Å²) in [5.74, 6) is -0.409. The molecule has 204 valence electrons. The number of pyridine rings is 1. The van der Waals surface area contributed by atoms with Crippen LogP contribution < -0.4 is 15.8 Å². The minimum Gasteiger partial charge on any atom is -0.461 e. The molecule has 5 heterocycles. The minimum atomic E-state index is -3.75. The number of aromatic nitrogens is 5. The van der Waals surface area contributed by atoms with E-state index in [4.69, 9.17) is 24.3 Å². The number of aromatic amines is 1. The summed E-state index contributed by atoms with van der Waals surface area (Å²) >= 11 is 2.87. The zero-order valence-electron chi connectivity index (χ0n) is 20.1. The molecule has 3 aromatic heterocycles. The largest absolute Gasteiger partial charge is 0.461 e. The Hall–Kier alpha value is -2.91. The summed E-state index contributed by atoms with van der Waals surface area (Å²) in [6.07, 6.45) is -1.61. The van der Waals surface area contributed by atoms with Crippen LogP contribution in [0, 0.1) is 6.92 Å². The van der Waals surface area contributed by atoms with Crippen molar-refractivity contribution in [3.63, 3.8) is 0 Å². The fourth-order valence-corrected chi connectivity index (χ4v) is 6.60. The number of esters is 1. The first-order valence-electron chi connectivity index (χ1n) is 11.4. The topological polar surface area (TPSA) is 194 Å². The lowest BCUT2D eigenvalue weighted by Crippen LogP contribution is -2.38. The van der Waals surface area contributed by atoms with Crippen molar-refractivity contribution in [3.8, 4) is 5.75 Å². The Morgan fingerprint density at radius 3 is 2.97 bits per heavy atom. The van der Waals surface area contributed by atoms with Crippen molar-refractivity contribution in [1.29, 1.82) is 0 Å². The van der Waals surface area contributed by atoms with Crippen LogP contribution in [0.25, 0.3) is 11.2 Å². The van der Waals surface area contributed by atoms with Gasteiger partial charge in [-0.3, -0.25) is 28.6 Å². The molecule has 0 aromatic carbocycles. The van der Waals surface area contributed by atoms with Crippen LogP contribution in [0.1, 0.15) is 30.0 Å². The first-order chi connectivity index (χ1) is 17.9. The summed E-state index contributed by atoms with van der Waals surface area (Å²) < 4.78 is 49.8. The van der Waals surface area contributed by atoms with Crippen LogP contribution in [0.15, 0.2) is 17.3 Å². The lowest BCUT2D eigenvalue weighted by molar-refractivity contribution is -0.142. The van der Waals surface area contributed by atoms with Gasteiger partial charge in [-0.05, 0) is 29.3 Å². The number of ether oxygens (including phenoxy) is 2. The zero-order chi connectivity index (χ0) is 27.4. The molecule has 4 N–H and O–H groups in total. The maximum Gasteiger partial charge on any atom is 0.379 e. The average molecular weight is 617 g/mol. The van der Waals surface area contributed by atoms with Crippen LogP contribution in [-0.2, 0) is 36.4 Å². The molecule has 0 spiro atoms. The van der Waals surface area contributed by atoms with Crippen molar-refractivity contribution < 1.29 is 37.4 Å². The highest BCUT2D eigenvalue weighted by atomic mass is 79.9. The molecule has 0 amide bonds. The number of H-pyrrole nitrogens is 1. The lowest BCUT2D eigenvalue weighted by Gasteiger charge is -2.28. The predicted molar refractivity (Wildman–Crippen MR) is 132 cm³/mol. The van der Waals surface area contributed by atoms with Crippen LogP contribution >= 0.6 is 23.5 Å². The maximum atomic E-state index is 15.6. The van der Waals surface area contributed by atoms with Crippen molar-refractivity contribution in [2.75, 3.05) is 18.5 Å². The maximum absolute atomic E-state index is 15.6. The van der Waals surface area contributed by atoms with E-state index in [9.17, 15) is 19.3 Å². The fraction of sp³-hybridized carbons (Fsp3) is 0.476. The minimum absolute atomic E-state index is 0.0118. The predicted octanol–water partition coefficient (Wildman–Crippen LogP) is 1.63. The molecule has 0 aliphatic carbocycles. The molecule has 0 saturated carbocycles. The third kappa shape index (κ3) is 4.71. The number of hydrogen-bond acceptors (Lipinski definition) is 12. The molecule has 3 aromatic rings. The van der Waals surface area contributed by atoms with Gasteiger partial charge in [0.2, 0.25) is 10.5 Å². The molecular formula is C21H23BrFN6O8P. The molecule has 14 nitrogen and oxygen atoms in total. The second-order valence-electron chi connectivity index (χ2n) is 8.85. The number of carbonyl (C=O) groups excluding carboxylic acids is 1. The van der Waals surface area contributed by atoms with Gasteiger partial charge in [0.1, 0.15) is 18.8 Å². The van der Waals surface area contributed by atoms with Crippen molar-refractivity contribution in [1.82, 2.24) is 24.5 Å². The third-order valence-electron chi connectivity index (χ3n) is 6.22. The SMILES string of the molecule is CC(=O)OCc1cnc(C)c2c1CCP(=O)(OC[C@H]1O[C@@H](n3cnc4c(=O)[nH]c(N)nc43)[C@@](F)(Br)C1O)O2. The lowest BCUT2D eigenvalue weighted by atomic mass is 10.1. The van der Waals surface area contributed by atoms with E-state index >= 15 is 4.39 Å². The second kappa shape index (κ2) is 9.68. The number of nitrogen functional groups attached to an aromatic ring is 1. The van der Waals surface area contributed by atoms with Crippen LogP contribution in [0.3, 0.4) is 0 Å². The number of aryl methyl sites for hydroxylation is 1. The van der Waals surface area contributed by atoms with E-state index in [1.807, 2.05) is 0 Å². The number of aliphatic hydroxyl groups excluding tert-OH is 1. The van der Waals surface area contributed by atoms with Gasteiger partial charge in [0.15, 0.2) is 23.1 Å². The van der Waals surface area contributed by atoms with Crippen LogP contribution in [0.4, 0.5) is 10.3 Å². The highest BCUT2D eigenvalue weighted by molar-refractivity contribution is 9.10. The van der Waals surface area contributed by atoms with Gasteiger partial charge in [-0.15, -0.1) is 0 Å². The molecule has 1 saturated heterocycles. The van der Waals surface area contributed by atoms with Crippen LogP contribution in [0.2, 0.25) is 0 Å². The summed E-state index contributed by atoms with van der Waals surface area (Å²) in [7, 11) is -3.75. The van der Waals surface area contributed by atoms with Gasteiger partial charge in [-0.1, -0.05) is 0 Å². The molecular weight excluding hydrogens is 594 g/mol. The van der Waals surface area contributed by atoms with Crippen molar-refractivity contribution in [2.24, 2.45) is 0 Å². The smallest absolute Gasteiger partial charge is 0.379 e. The molecule has 5 atom stereocenters. The summed E-state index contributed by atoms with van der Waals surface area (Å²) in [5, 5.41) is 10.7. The van der Waals surface area contributed by atoms with Gasteiger partial charge in [0, 0.05) is 24.2 Å². The molecule has 2 unspecified atom stereocenters. The first kappa shape index (κ1) is 26.7. The van der Waals surface area contributed by atoms with E-state index in [2.05, 4.69) is 35.9 Å². The molecule has 38 heavy (non-hydrogen) atoms. The Bertz CT molecular complexity index is 1530. The van der Waals surface area contributed by atoms with Gasteiger partial charge >= 0.3 is 13.6 Å². The number of halogens is 2. The Morgan fingerprint density at radius 1 is 1.47 bits per heavy atom. The molecule has 2 aliphatic heterocycles. The number of nitrogens with two attached hydrogens (primary N) is 1. The molecule has 2 aliphatic rings. The molecule has 5 rings (SSSR count). The number of nitrogens with one attached hydrogen (secondary N) is 1. The monoisotopic (exact) mass is 616 g/mol. The van der Waals surface area contributed by atoms with E-state index in [0.29, 0.717) is 16.8 Å². The molecule has 0 bridgehead atoms. The number of nitrogens with zero attached hydrogens (tertiary/aromatic N) is 4. The van der Waals surface area contributed by atoms with Gasteiger partial charge < -0.3 is 24.8 Å². The summed E-state index contributed by atoms with van der Waals surface area (Å²) in [6, 6.07) is 0. The third-order valence-corrected chi connectivity index (χ3v) is 8.85. The number of hydrogen-bond donors (Lipinski definition) is 3. The average Bonchev–Trinajstić information content (AvgIpc) is 3.36. The Kier molecular flexibility index (Phi) is 6.80. The second-order valence-corrected chi connectivity index (χ2v) is 12.2. The normalized spacial score (nSPS) is 28.7. The van der Waals surface area contributed by atoms with Crippen molar-refractivity contribution in [2.45, 2.75) is 49.9 Å². The van der Waals surface area contributed by atoms with E-state index in [1.165, 1.54) is 6.92 Å². The zero-order valence-corrected chi connectivity index (χ0v) is 22.6. The highest BCUT2D eigenvalue weighted by Gasteiger charge is 2.57. The summed E-state index contributed by atoms with van der Waals surface area (Å²) in [4.78, 5) is 37.7. The number of imidazole rings is 1. The van der Waals surface area contributed by atoms with Gasteiger partial charge in [-0.2, -0.15) is 4.98 Å². The van der Waals surface area contributed by atoms with E-state index in [0.717, 1.165) is 10.9 Å². The molecule has 17 heteroatoms. The highest BCUT2D eigenvalue weighted by Crippen LogP contribution is 2.55. The summed E-state index contributed by atoms with van der Waals surface area (Å²) in [5.41, 5.74) is 6.60. The van der Waals surface area contributed by atoms with E-state index < -0.39 is 48.7 Å². The number of fused-ring (bicyclic) bond motifs is 2. The van der Waals surface area contributed by atoms with Crippen molar-refractivity contribution in [3.05, 3.63) is 39.7 Å². The molecule has 1 fully saturated rings. The van der Waals surface area contributed by atoms with Crippen LogP contribution in [-0.4, -0.2) is 65.1 Å².